The number of rotatable bonds is 4. The molecule has 3 aromatic carbocycles. The number of aliphatic imine (C=N–C) groups is 1. The van der Waals surface area contributed by atoms with E-state index in [4.69, 9.17) is 4.74 Å². The molecule has 1 heterocycles. The predicted molar refractivity (Wildman–Crippen MR) is 126 cm³/mol. The third-order valence-electron chi connectivity index (χ3n) is 4.75. The lowest BCUT2D eigenvalue weighted by atomic mass is 10.2. The summed E-state index contributed by atoms with van der Waals surface area (Å²) in [5, 5.41) is 6.01. The van der Waals surface area contributed by atoms with Crippen LogP contribution in [-0.4, -0.2) is 34.9 Å². The molecular formula is C25H21N5O3. The molecule has 2 amide bonds. The molecular weight excluding hydrogens is 418 g/mol. The summed E-state index contributed by atoms with van der Waals surface area (Å²) >= 11 is 0. The van der Waals surface area contributed by atoms with Crippen LogP contribution in [0.2, 0.25) is 0 Å². The van der Waals surface area contributed by atoms with E-state index in [-0.39, 0.29) is 11.9 Å². The number of hydrogen-bond acceptors (Lipinski definition) is 6. The monoisotopic (exact) mass is 439 g/mol. The molecule has 164 valence electrons. The van der Waals surface area contributed by atoms with Crippen LogP contribution >= 0.6 is 0 Å². The molecule has 33 heavy (non-hydrogen) atoms. The number of carbonyl (C=O) groups is 2. The van der Waals surface area contributed by atoms with E-state index in [1.165, 1.54) is 7.11 Å². The molecule has 0 spiro atoms. The van der Waals surface area contributed by atoms with Crippen molar-refractivity contribution in [2.24, 2.45) is 4.99 Å². The summed E-state index contributed by atoms with van der Waals surface area (Å²) in [6, 6.07) is 22.9. The Morgan fingerprint density at radius 2 is 1.39 bits per heavy atom. The van der Waals surface area contributed by atoms with Gasteiger partial charge in [0.15, 0.2) is 0 Å². The van der Waals surface area contributed by atoms with E-state index in [0.29, 0.717) is 22.5 Å². The second-order valence-corrected chi connectivity index (χ2v) is 7.15. The van der Waals surface area contributed by atoms with Crippen molar-refractivity contribution in [3.05, 3.63) is 95.6 Å². The summed E-state index contributed by atoms with van der Waals surface area (Å²) in [5.74, 6) is -0.617. The normalized spacial score (nSPS) is 10.4. The van der Waals surface area contributed by atoms with Gasteiger partial charge in [0.05, 0.1) is 18.0 Å². The molecule has 0 bridgehead atoms. The van der Waals surface area contributed by atoms with E-state index < -0.39 is 11.8 Å². The average Bonchev–Trinajstić information content (AvgIpc) is 2.84. The van der Waals surface area contributed by atoms with E-state index in [9.17, 15) is 9.59 Å². The van der Waals surface area contributed by atoms with Crippen molar-refractivity contribution in [1.82, 2.24) is 20.6 Å². The van der Waals surface area contributed by atoms with Crippen LogP contribution in [0.15, 0.2) is 83.9 Å². The first-order valence-corrected chi connectivity index (χ1v) is 10.2. The number of fused-ring (bicyclic) bond motifs is 1. The van der Waals surface area contributed by atoms with E-state index in [2.05, 4.69) is 25.6 Å². The van der Waals surface area contributed by atoms with Gasteiger partial charge in [0.1, 0.15) is 0 Å². The Bertz CT molecular complexity index is 1280. The number of carbonyl (C=O) groups excluding carboxylic acids is 2. The number of ether oxygens (including phenoxy) is 1. The number of aromatic nitrogens is 2. The van der Waals surface area contributed by atoms with Crippen LogP contribution in [0.5, 0.6) is 5.88 Å². The van der Waals surface area contributed by atoms with Gasteiger partial charge in [-0.25, -0.2) is 4.98 Å². The Morgan fingerprint density at radius 1 is 0.818 bits per heavy atom. The van der Waals surface area contributed by atoms with Crippen LogP contribution in [0.3, 0.4) is 0 Å². The van der Waals surface area contributed by atoms with Gasteiger partial charge in [0, 0.05) is 11.1 Å². The van der Waals surface area contributed by atoms with Crippen molar-refractivity contribution < 1.29 is 14.3 Å². The molecule has 4 aromatic rings. The zero-order chi connectivity index (χ0) is 23.2. The molecule has 0 saturated carbocycles. The lowest BCUT2D eigenvalue weighted by molar-refractivity contribution is 0.0966. The fourth-order valence-electron chi connectivity index (χ4n) is 3.13. The summed E-state index contributed by atoms with van der Waals surface area (Å²) in [5.41, 5.74) is 2.47. The van der Waals surface area contributed by atoms with Crippen molar-refractivity contribution >= 4 is 34.6 Å². The second kappa shape index (κ2) is 9.69. The maximum atomic E-state index is 12.7. The first-order valence-electron chi connectivity index (χ1n) is 10.2. The number of guanidine groups is 1. The maximum absolute atomic E-state index is 12.7. The van der Waals surface area contributed by atoms with Gasteiger partial charge in [0.2, 0.25) is 11.8 Å². The minimum atomic E-state index is -0.439. The van der Waals surface area contributed by atoms with Gasteiger partial charge < -0.3 is 4.74 Å². The van der Waals surface area contributed by atoms with E-state index in [0.717, 1.165) is 10.9 Å². The molecule has 0 fully saturated rings. The zero-order valence-electron chi connectivity index (χ0n) is 18.1. The van der Waals surface area contributed by atoms with Crippen molar-refractivity contribution in [3.63, 3.8) is 0 Å². The molecule has 0 unspecified atom stereocenters. The van der Waals surface area contributed by atoms with Crippen molar-refractivity contribution in [2.45, 2.75) is 6.92 Å². The third-order valence-corrected chi connectivity index (χ3v) is 4.75. The summed E-state index contributed by atoms with van der Waals surface area (Å²) in [4.78, 5) is 38.6. The highest BCUT2D eigenvalue weighted by molar-refractivity contribution is 6.13. The number of nitrogens with one attached hydrogen (secondary N) is 2. The van der Waals surface area contributed by atoms with Crippen LogP contribution in [0.25, 0.3) is 10.9 Å². The van der Waals surface area contributed by atoms with E-state index in [1.807, 2.05) is 25.1 Å². The van der Waals surface area contributed by atoms with Gasteiger partial charge in [-0.3, -0.25) is 20.2 Å². The fraction of sp³-hybridized carbons (Fsp3) is 0.0800. The van der Waals surface area contributed by atoms with E-state index >= 15 is 0 Å². The van der Waals surface area contributed by atoms with Gasteiger partial charge in [-0.05, 0) is 43.3 Å². The molecule has 2 N–H and O–H groups in total. The minimum absolute atomic E-state index is 0.0277. The first-order chi connectivity index (χ1) is 16.0. The number of aryl methyl sites for hydroxylation is 1. The van der Waals surface area contributed by atoms with Gasteiger partial charge >= 0.3 is 0 Å². The highest BCUT2D eigenvalue weighted by Crippen LogP contribution is 2.25. The number of hydrogen-bond donors (Lipinski definition) is 2. The van der Waals surface area contributed by atoms with Crippen LogP contribution < -0.4 is 15.4 Å². The second-order valence-electron chi connectivity index (χ2n) is 7.15. The highest BCUT2D eigenvalue weighted by atomic mass is 16.5. The first kappa shape index (κ1) is 21.6. The Labute approximate surface area is 190 Å². The molecule has 0 aliphatic rings. The van der Waals surface area contributed by atoms with E-state index in [1.54, 1.807) is 60.7 Å². The highest BCUT2D eigenvalue weighted by Gasteiger charge is 2.15. The molecule has 8 nitrogen and oxygen atoms in total. The SMILES string of the molecule is COc1nc(N=C(NC(=O)c2ccccc2)NC(=O)c2ccccc2)nc2ccc(C)cc12. The molecule has 0 aliphatic carbocycles. The molecule has 0 saturated heterocycles. The van der Waals surface area contributed by atoms with Gasteiger partial charge in [0.25, 0.3) is 17.8 Å². The molecule has 8 heteroatoms. The Hall–Kier alpha value is -4.59. The van der Waals surface area contributed by atoms with Crippen molar-refractivity contribution in [2.75, 3.05) is 7.11 Å². The van der Waals surface area contributed by atoms with Gasteiger partial charge in [-0.1, -0.05) is 48.0 Å². The molecule has 0 aliphatic heterocycles. The van der Waals surface area contributed by atoms with Crippen molar-refractivity contribution in [3.8, 4) is 5.88 Å². The van der Waals surface area contributed by atoms with Crippen LogP contribution in [-0.2, 0) is 0 Å². The summed E-state index contributed by atoms with van der Waals surface area (Å²) < 4.78 is 5.41. The largest absolute Gasteiger partial charge is 0.480 e. The smallest absolute Gasteiger partial charge is 0.257 e. The average molecular weight is 439 g/mol. The van der Waals surface area contributed by atoms with Crippen LogP contribution in [0.4, 0.5) is 5.95 Å². The number of methoxy groups -OCH3 is 1. The van der Waals surface area contributed by atoms with Crippen LogP contribution in [0.1, 0.15) is 26.3 Å². The summed E-state index contributed by atoms with van der Waals surface area (Å²) in [6.07, 6.45) is 0. The summed E-state index contributed by atoms with van der Waals surface area (Å²) in [6.45, 7) is 1.96. The Balaban J connectivity index is 1.72. The summed E-state index contributed by atoms with van der Waals surface area (Å²) in [7, 11) is 1.51. The number of nitrogens with zero attached hydrogens (tertiary/aromatic N) is 3. The van der Waals surface area contributed by atoms with Gasteiger partial charge in [-0.2, -0.15) is 9.98 Å². The minimum Gasteiger partial charge on any atom is -0.480 e. The lowest BCUT2D eigenvalue weighted by Gasteiger charge is -2.11. The number of benzene rings is 3. The topological polar surface area (TPSA) is 106 Å². The predicted octanol–water partition coefficient (Wildman–Crippen LogP) is 3.79. The Morgan fingerprint density at radius 3 is 1.94 bits per heavy atom. The number of amides is 2. The molecule has 4 rings (SSSR count). The van der Waals surface area contributed by atoms with Gasteiger partial charge in [-0.15, -0.1) is 0 Å². The maximum Gasteiger partial charge on any atom is 0.257 e. The third kappa shape index (κ3) is 5.19. The fourth-order valence-corrected chi connectivity index (χ4v) is 3.13. The standard InChI is InChI=1S/C25H21N5O3/c1-16-13-14-20-19(15-16)23(33-2)29-24(26-20)30-25(27-21(31)17-9-5-3-6-10-17)28-22(32)18-11-7-4-8-12-18/h3-15H,1-2H3,(H2,26,27,28,29,30,31,32). The lowest BCUT2D eigenvalue weighted by Crippen LogP contribution is -2.43. The zero-order valence-corrected chi connectivity index (χ0v) is 18.1. The molecule has 0 atom stereocenters. The molecule has 1 aromatic heterocycles. The Kier molecular flexibility index (Phi) is 6.36. The van der Waals surface area contributed by atoms with Crippen LogP contribution in [0, 0.1) is 6.92 Å². The van der Waals surface area contributed by atoms with Crippen molar-refractivity contribution in [1.29, 1.82) is 0 Å². The quantitative estimate of drug-likeness (QED) is 0.372. The molecule has 0 radical (unpaired) electrons.